The molecule has 0 saturated carbocycles. The number of hydrogen-bond donors (Lipinski definition) is 0. The monoisotopic (exact) mass is 286 g/mol. The SMILES string of the molecule is COc1ccccc1C(=O)c1cscc1C(F)(F)F. The number of rotatable bonds is 3. The van der Waals surface area contributed by atoms with E-state index in [4.69, 9.17) is 4.74 Å². The molecule has 0 radical (unpaired) electrons. The molecule has 1 aromatic heterocycles. The molecule has 100 valence electrons. The zero-order valence-corrected chi connectivity index (χ0v) is 10.6. The van der Waals surface area contributed by atoms with Crippen molar-refractivity contribution in [3.05, 3.63) is 51.7 Å². The van der Waals surface area contributed by atoms with Crippen molar-refractivity contribution in [1.82, 2.24) is 0 Å². The Hall–Kier alpha value is -1.82. The number of halogens is 3. The number of carbonyl (C=O) groups is 1. The van der Waals surface area contributed by atoms with E-state index in [1.54, 1.807) is 12.1 Å². The van der Waals surface area contributed by atoms with Gasteiger partial charge in [-0.2, -0.15) is 24.5 Å². The summed E-state index contributed by atoms with van der Waals surface area (Å²) >= 11 is 0.848. The first-order valence-electron chi connectivity index (χ1n) is 5.26. The summed E-state index contributed by atoms with van der Waals surface area (Å²) in [5.41, 5.74) is -1.13. The number of thiophene rings is 1. The molecular weight excluding hydrogens is 277 g/mol. The molecular formula is C13H9F3O2S. The Labute approximate surface area is 111 Å². The molecule has 2 nitrogen and oxygen atoms in total. The van der Waals surface area contributed by atoms with Gasteiger partial charge in [0.2, 0.25) is 0 Å². The van der Waals surface area contributed by atoms with Gasteiger partial charge in [-0.3, -0.25) is 4.79 Å². The zero-order chi connectivity index (χ0) is 14.0. The molecule has 19 heavy (non-hydrogen) atoms. The van der Waals surface area contributed by atoms with E-state index in [0.717, 1.165) is 16.7 Å². The molecule has 0 atom stereocenters. The van der Waals surface area contributed by atoms with Crippen LogP contribution in [0, 0.1) is 0 Å². The third-order valence-electron chi connectivity index (χ3n) is 2.56. The number of ketones is 1. The molecule has 2 rings (SSSR count). The van der Waals surface area contributed by atoms with Crippen LogP contribution in [0.15, 0.2) is 35.0 Å². The molecule has 2 aromatic rings. The van der Waals surface area contributed by atoms with E-state index < -0.39 is 17.5 Å². The molecule has 1 heterocycles. The van der Waals surface area contributed by atoms with Gasteiger partial charge < -0.3 is 4.74 Å². The van der Waals surface area contributed by atoms with Gasteiger partial charge in [0.05, 0.1) is 18.2 Å². The Balaban J connectivity index is 2.49. The summed E-state index contributed by atoms with van der Waals surface area (Å²) in [7, 11) is 1.37. The van der Waals surface area contributed by atoms with E-state index >= 15 is 0 Å². The molecule has 0 saturated heterocycles. The van der Waals surface area contributed by atoms with Gasteiger partial charge >= 0.3 is 6.18 Å². The summed E-state index contributed by atoms with van der Waals surface area (Å²) in [4.78, 5) is 12.2. The largest absolute Gasteiger partial charge is 0.496 e. The molecule has 0 fully saturated rings. The highest BCUT2D eigenvalue weighted by Gasteiger charge is 2.36. The van der Waals surface area contributed by atoms with Gasteiger partial charge in [-0.25, -0.2) is 0 Å². The minimum absolute atomic E-state index is 0.119. The quantitative estimate of drug-likeness (QED) is 0.797. The van der Waals surface area contributed by atoms with Crippen LogP contribution in [-0.4, -0.2) is 12.9 Å². The van der Waals surface area contributed by atoms with Crippen molar-refractivity contribution >= 4 is 17.1 Å². The highest BCUT2D eigenvalue weighted by Crippen LogP contribution is 2.36. The minimum Gasteiger partial charge on any atom is -0.496 e. The lowest BCUT2D eigenvalue weighted by molar-refractivity contribution is -0.137. The molecule has 0 aliphatic rings. The number of benzene rings is 1. The number of para-hydroxylation sites is 1. The fourth-order valence-electron chi connectivity index (χ4n) is 1.67. The lowest BCUT2D eigenvalue weighted by Gasteiger charge is -2.09. The van der Waals surface area contributed by atoms with Gasteiger partial charge in [0.15, 0.2) is 5.78 Å². The fraction of sp³-hybridized carbons (Fsp3) is 0.154. The summed E-state index contributed by atoms with van der Waals surface area (Å²) in [6, 6.07) is 6.20. The Morgan fingerprint density at radius 1 is 1.16 bits per heavy atom. The summed E-state index contributed by atoms with van der Waals surface area (Å²) in [5.74, 6) is -0.433. The molecule has 0 aliphatic heterocycles. The number of hydrogen-bond acceptors (Lipinski definition) is 3. The van der Waals surface area contributed by atoms with Crippen molar-refractivity contribution in [2.45, 2.75) is 6.18 Å². The molecule has 6 heteroatoms. The van der Waals surface area contributed by atoms with E-state index in [1.165, 1.54) is 24.6 Å². The Bertz CT molecular complexity index is 602. The van der Waals surface area contributed by atoms with Crippen LogP contribution in [0.2, 0.25) is 0 Å². The highest BCUT2D eigenvalue weighted by atomic mass is 32.1. The van der Waals surface area contributed by atoms with Crippen molar-refractivity contribution in [3.63, 3.8) is 0 Å². The maximum Gasteiger partial charge on any atom is 0.417 e. The molecule has 0 unspecified atom stereocenters. The van der Waals surface area contributed by atoms with E-state index in [2.05, 4.69) is 0 Å². The van der Waals surface area contributed by atoms with Crippen LogP contribution in [-0.2, 0) is 6.18 Å². The van der Waals surface area contributed by atoms with Crippen LogP contribution in [0.25, 0.3) is 0 Å². The average molecular weight is 286 g/mol. The van der Waals surface area contributed by atoms with Crippen molar-refractivity contribution in [1.29, 1.82) is 0 Å². The normalized spacial score (nSPS) is 11.4. The van der Waals surface area contributed by atoms with Gasteiger partial charge in [0.1, 0.15) is 5.75 Å². The lowest BCUT2D eigenvalue weighted by atomic mass is 10.0. The number of methoxy groups -OCH3 is 1. The fourth-order valence-corrected chi connectivity index (χ4v) is 2.50. The van der Waals surface area contributed by atoms with Crippen molar-refractivity contribution in [3.8, 4) is 5.75 Å². The predicted octanol–water partition coefficient (Wildman–Crippen LogP) is 4.01. The van der Waals surface area contributed by atoms with E-state index in [1.807, 2.05) is 0 Å². The van der Waals surface area contributed by atoms with Gasteiger partial charge in [-0.15, -0.1) is 0 Å². The maximum absolute atomic E-state index is 12.8. The van der Waals surface area contributed by atoms with E-state index in [9.17, 15) is 18.0 Å². The summed E-state index contributed by atoms with van der Waals surface area (Å²) in [5, 5.41) is 2.14. The second-order valence-corrected chi connectivity index (χ2v) is 4.47. The average Bonchev–Trinajstić information content (AvgIpc) is 2.87. The Morgan fingerprint density at radius 2 is 1.84 bits per heavy atom. The number of carbonyl (C=O) groups excluding carboxylic acids is 1. The van der Waals surface area contributed by atoms with Gasteiger partial charge in [-0.05, 0) is 12.1 Å². The smallest absolute Gasteiger partial charge is 0.417 e. The third-order valence-corrected chi connectivity index (χ3v) is 3.31. The first-order chi connectivity index (χ1) is 8.95. The lowest BCUT2D eigenvalue weighted by Crippen LogP contribution is -2.12. The van der Waals surface area contributed by atoms with Crippen LogP contribution >= 0.6 is 11.3 Å². The summed E-state index contributed by atoms with van der Waals surface area (Å²) < 4.78 is 43.3. The summed E-state index contributed by atoms with van der Waals surface area (Å²) in [6.45, 7) is 0. The Kier molecular flexibility index (Phi) is 3.61. The van der Waals surface area contributed by atoms with Gasteiger partial charge in [0.25, 0.3) is 0 Å². The second kappa shape index (κ2) is 5.05. The van der Waals surface area contributed by atoms with Crippen molar-refractivity contribution in [2.24, 2.45) is 0 Å². The van der Waals surface area contributed by atoms with Crippen molar-refractivity contribution < 1.29 is 22.7 Å². The topological polar surface area (TPSA) is 26.3 Å². The minimum atomic E-state index is -4.53. The maximum atomic E-state index is 12.8. The van der Waals surface area contributed by atoms with Crippen LogP contribution in [0.1, 0.15) is 21.5 Å². The van der Waals surface area contributed by atoms with E-state index in [0.29, 0.717) is 0 Å². The zero-order valence-electron chi connectivity index (χ0n) is 9.82. The summed E-state index contributed by atoms with van der Waals surface area (Å²) in [6.07, 6.45) is -4.53. The molecule has 0 bridgehead atoms. The molecule has 0 N–H and O–H groups in total. The van der Waals surface area contributed by atoms with Crippen LogP contribution < -0.4 is 4.74 Å². The van der Waals surface area contributed by atoms with Crippen LogP contribution in [0.5, 0.6) is 5.75 Å². The van der Waals surface area contributed by atoms with Crippen LogP contribution in [0.4, 0.5) is 13.2 Å². The molecule has 0 amide bonds. The molecule has 0 aliphatic carbocycles. The highest BCUT2D eigenvalue weighted by molar-refractivity contribution is 7.08. The standard InChI is InChI=1S/C13H9F3O2S/c1-18-11-5-3-2-4-8(11)12(17)9-6-19-7-10(9)13(14,15)16/h2-7H,1H3. The Morgan fingerprint density at radius 3 is 2.47 bits per heavy atom. The van der Waals surface area contributed by atoms with Gasteiger partial charge in [-0.1, -0.05) is 12.1 Å². The first-order valence-corrected chi connectivity index (χ1v) is 6.20. The predicted molar refractivity (Wildman–Crippen MR) is 65.7 cm³/mol. The molecule has 0 spiro atoms. The van der Waals surface area contributed by atoms with Crippen LogP contribution in [0.3, 0.4) is 0 Å². The van der Waals surface area contributed by atoms with Gasteiger partial charge in [0, 0.05) is 16.3 Å². The second-order valence-electron chi connectivity index (χ2n) is 3.73. The van der Waals surface area contributed by atoms with Crippen molar-refractivity contribution in [2.75, 3.05) is 7.11 Å². The first kappa shape index (κ1) is 13.6. The third kappa shape index (κ3) is 2.63. The number of alkyl halides is 3. The van der Waals surface area contributed by atoms with E-state index in [-0.39, 0.29) is 16.9 Å². The molecule has 1 aromatic carbocycles. The number of ether oxygens (including phenoxy) is 1.